The molecular weight excluding hydrogens is 340 g/mol. The van der Waals surface area contributed by atoms with Gasteiger partial charge in [0, 0.05) is 25.9 Å². The standard InChI is InChI=1S/C17H16N2O2.C5H12O/c20-13-18-9-10-19(17(21)12-18)16-8-4-7-15(11-16)14-5-2-1-3-6-14;1-5(2,3)6-4/h1-8,11,13H,9-10,12H2;1-4H3. The van der Waals surface area contributed by atoms with Crippen molar-refractivity contribution in [1.82, 2.24) is 4.90 Å². The van der Waals surface area contributed by atoms with Crippen LogP contribution in [0, 0.1) is 0 Å². The largest absolute Gasteiger partial charge is 0.379 e. The second kappa shape index (κ2) is 9.33. The van der Waals surface area contributed by atoms with Crippen LogP contribution in [0.1, 0.15) is 20.8 Å². The molecule has 5 heteroatoms. The lowest BCUT2D eigenvalue weighted by Gasteiger charge is -2.32. The number of amides is 2. The van der Waals surface area contributed by atoms with Crippen molar-refractivity contribution in [2.24, 2.45) is 0 Å². The van der Waals surface area contributed by atoms with Crippen LogP contribution in [0.5, 0.6) is 0 Å². The number of hydrogen-bond donors (Lipinski definition) is 0. The van der Waals surface area contributed by atoms with Crippen LogP contribution in [0.2, 0.25) is 0 Å². The van der Waals surface area contributed by atoms with Gasteiger partial charge in [0.1, 0.15) is 0 Å². The molecule has 144 valence electrons. The van der Waals surface area contributed by atoms with Crippen molar-refractivity contribution in [2.75, 3.05) is 31.6 Å². The number of rotatable bonds is 3. The summed E-state index contributed by atoms with van der Waals surface area (Å²) in [6.07, 6.45) is 0.732. The van der Waals surface area contributed by atoms with E-state index in [0.29, 0.717) is 13.1 Å². The minimum absolute atomic E-state index is 0.0417. The van der Waals surface area contributed by atoms with E-state index in [9.17, 15) is 9.59 Å². The number of hydrogen-bond acceptors (Lipinski definition) is 3. The van der Waals surface area contributed by atoms with E-state index in [-0.39, 0.29) is 18.1 Å². The van der Waals surface area contributed by atoms with E-state index in [1.54, 1.807) is 12.0 Å². The van der Waals surface area contributed by atoms with Crippen LogP contribution < -0.4 is 4.90 Å². The third kappa shape index (κ3) is 6.22. The first-order valence-corrected chi connectivity index (χ1v) is 9.04. The maximum absolute atomic E-state index is 12.1. The molecule has 1 heterocycles. The number of methoxy groups -OCH3 is 1. The highest BCUT2D eigenvalue weighted by Crippen LogP contribution is 2.25. The molecule has 0 radical (unpaired) electrons. The SMILES string of the molecule is COC(C)(C)C.O=CN1CCN(c2cccc(-c3ccccc3)c2)C(=O)C1. The molecule has 2 aromatic rings. The molecular formula is C22H28N2O3. The van der Waals surface area contributed by atoms with Gasteiger partial charge in [-0.3, -0.25) is 9.59 Å². The number of piperazine rings is 1. The molecule has 0 N–H and O–H groups in total. The predicted molar refractivity (Wildman–Crippen MR) is 109 cm³/mol. The molecule has 2 aromatic carbocycles. The molecule has 0 spiro atoms. The summed E-state index contributed by atoms with van der Waals surface area (Å²) in [5.74, 6) is -0.0430. The van der Waals surface area contributed by atoms with Gasteiger partial charge in [0.05, 0.1) is 12.1 Å². The summed E-state index contributed by atoms with van der Waals surface area (Å²) in [6, 6.07) is 18.0. The summed E-state index contributed by atoms with van der Waals surface area (Å²) in [4.78, 5) is 26.1. The van der Waals surface area contributed by atoms with Gasteiger partial charge in [-0.25, -0.2) is 0 Å². The third-order valence-corrected chi connectivity index (χ3v) is 4.28. The predicted octanol–water partition coefficient (Wildman–Crippen LogP) is 3.59. The fourth-order valence-corrected chi connectivity index (χ4v) is 2.54. The van der Waals surface area contributed by atoms with E-state index >= 15 is 0 Å². The van der Waals surface area contributed by atoms with Crippen LogP contribution in [0.4, 0.5) is 5.69 Å². The van der Waals surface area contributed by atoms with Crippen molar-refractivity contribution in [1.29, 1.82) is 0 Å². The first-order chi connectivity index (χ1) is 12.8. The van der Waals surface area contributed by atoms with Crippen LogP contribution in [0.25, 0.3) is 11.1 Å². The van der Waals surface area contributed by atoms with E-state index in [1.807, 2.05) is 75.4 Å². The van der Waals surface area contributed by atoms with Gasteiger partial charge in [-0.2, -0.15) is 0 Å². The number of carbonyl (C=O) groups is 2. The van der Waals surface area contributed by atoms with Crippen molar-refractivity contribution in [3.8, 4) is 11.1 Å². The molecule has 1 saturated heterocycles. The zero-order valence-electron chi connectivity index (χ0n) is 16.5. The summed E-state index contributed by atoms with van der Waals surface area (Å²) in [5, 5.41) is 0. The molecule has 1 aliphatic rings. The Hall–Kier alpha value is -2.66. The quantitative estimate of drug-likeness (QED) is 0.778. The maximum atomic E-state index is 12.1. The topological polar surface area (TPSA) is 49.9 Å². The molecule has 3 rings (SSSR count). The van der Waals surface area contributed by atoms with Crippen molar-refractivity contribution in [3.63, 3.8) is 0 Å². The zero-order valence-corrected chi connectivity index (χ0v) is 16.5. The average molecular weight is 368 g/mol. The van der Waals surface area contributed by atoms with Gasteiger partial charge in [0.25, 0.3) is 0 Å². The Morgan fingerprint density at radius 1 is 0.963 bits per heavy atom. The molecule has 1 fully saturated rings. The molecule has 0 saturated carbocycles. The van der Waals surface area contributed by atoms with E-state index in [1.165, 1.54) is 4.90 Å². The minimum atomic E-state index is -0.0430. The maximum Gasteiger partial charge on any atom is 0.246 e. The van der Waals surface area contributed by atoms with E-state index in [2.05, 4.69) is 0 Å². The van der Waals surface area contributed by atoms with Gasteiger partial charge >= 0.3 is 0 Å². The van der Waals surface area contributed by atoms with Gasteiger partial charge in [-0.05, 0) is 44.0 Å². The summed E-state index contributed by atoms with van der Waals surface area (Å²) >= 11 is 0. The molecule has 5 nitrogen and oxygen atoms in total. The average Bonchev–Trinajstić information content (AvgIpc) is 2.68. The molecule has 0 unspecified atom stereocenters. The number of nitrogens with zero attached hydrogens (tertiary/aromatic N) is 2. The van der Waals surface area contributed by atoms with Gasteiger partial charge in [0.15, 0.2) is 0 Å². The molecule has 2 amide bonds. The highest BCUT2D eigenvalue weighted by molar-refractivity contribution is 5.97. The second-order valence-electron chi connectivity index (χ2n) is 7.35. The Bertz CT molecular complexity index is 754. The van der Waals surface area contributed by atoms with Gasteiger partial charge in [-0.1, -0.05) is 42.5 Å². The molecule has 27 heavy (non-hydrogen) atoms. The number of ether oxygens (including phenoxy) is 1. The fraction of sp³-hybridized carbons (Fsp3) is 0.364. The molecule has 0 aromatic heterocycles. The molecule has 0 atom stereocenters. The Morgan fingerprint density at radius 2 is 1.59 bits per heavy atom. The molecule has 1 aliphatic heterocycles. The van der Waals surface area contributed by atoms with Gasteiger partial charge in [-0.15, -0.1) is 0 Å². The summed E-state index contributed by atoms with van der Waals surface area (Å²) in [6.45, 7) is 7.33. The highest BCUT2D eigenvalue weighted by atomic mass is 16.5. The summed E-state index contributed by atoms with van der Waals surface area (Å²) in [5.41, 5.74) is 3.13. The Labute approximate surface area is 161 Å². The van der Waals surface area contributed by atoms with E-state index in [4.69, 9.17) is 4.74 Å². The second-order valence-corrected chi connectivity index (χ2v) is 7.35. The van der Waals surface area contributed by atoms with Crippen LogP contribution in [-0.2, 0) is 14.3 Å². The lowest BCUT2D eigenvalue weighted by molar-refractivity contribution is -0.128. The van der Waals surface area contributed by atoms with Crippen molar-refractivity contribution >= 4 is 18.0 Å². The first kappa shape index (κ1) is 20.6. The zero-order chi connectivity index (χ0) is 19.9. The van der Waals surface area contributed by atoms with Crippen molar-refractivity contribution in [3.05, 3.63) is 54.6 Å². The Balaban J connectivity index is 0.000000380. The third-order valence-electron chi connectivity index (χ3n) is 4.28. The van der Waals surface area contributed by atoms with Gasteiger partial charge in [0.2, 0.25) is 12.3 Å². The van der Waals surface area contributed by atoms with Crippen LogP contribution in [0.3, 0.4) is 0 Å². The first-order valence-electron chi connectivity index (χ1n) is 9.04. The number of anilines is 1. The molecule has 0 bridgehead atoms. The van der Waals surface area contributed by atoms with Crippen LogP contribution in [0.15, 0.2) is 54.6 Å². The summed E-state index contributed by atoms with van der Waals surface area (Å²) in [7, 11) is 1.71. The minimum Gasteiger partial charge on any atom is -0.379 e. The highest BCUT2D eigenvalue weighted by Gasteiger charge is 2.24. The monoisotopic (exact) mass is 368 g/mol. The number of benzene rings is 2. The Kier molecular flexibility index (Phi) is 7.13. The van der Waals surface area contributed by atoms with E-state index < -0.39 is 0 Å². The normalized spacial score (nSPS) is 14.4. The van der Waals surface area contributed by atoms with E-state index in [0.717, 1.165) is 23.2 Å². The van der Waals surface area contributed by atoms with Crippen LogP contribution >= 0.6 is 0 Å². The smallest absolute Gasteiger partial charge is 0.246 e. The van der Waals surface area contributed by atoms with Gasteiger partial charge < -0.3 is 14.5 Å². The fourth-order valence-electron chi connectivity index (χ4n) is 2.54. The summed E-state index contributed by atoms with van der Waals surface area (Å²) < 4.78 is 4.94. The van der Waals surface area contributed by atoms with Crippen LogP contribution in [-0.4, -0.2) is 49.6 Å². The molecule has 0 aliphatic carbocycles. The number of carbonyl (C=O) groups excluding carboxylic acids is 2. The lowest BCUT2D eigenvalue weighted by atomic mass is 10.0. The Morgan fingerprint density at radius 3 is 2.15 bits per heavy atom. The van der Waals surface area contributed by atoms with Crippen molar-refractivity contribution < 1.29 is 14.3 Å². The lowest BCUT2D eigenvalue weighted by Crippen LogP contribution is -2.49. The van der Waals surface area contributed by atoms with Crippen molar-refractivity contribution in [2.45, 2.75) is 26.4 Å².